The molecule has 1 aliphatic carbocycles. The molecule has 0 radical (unpaired) electrons. The molecule has 3 rings (SSSR count). The molecular weight excluding hydrogens is 254 g/mol. The Morgan fingerprint density at radius 1 is 1.40 bits per heavy atom. The van der Waals surface area contributed by atoms with Crippen molar-refractivity contribution in [3.63, 3.8) is 0 Å². The number of aryl methyl sites for hydroxylation is 2. The molecule has 0 aliphatic heterocycles. The molecule has 2 aromatic rings. The molecule has 1 aromatic carbocycles. The fourth-order valence-electron chi connectivity index (χ4n) is 2.54. The molecule has 0 bridgehead atoms. The lowest BCUT2D eigenvalue weighted by Crippen LogP contribution is -2.09. The van der Waals surface area contributed by atoms with Crippen molar-refractivity contribution in [3.8, 4) is 5.75 Å². The van der Waals surface area contributed by atoms with Crippen LogP contribution in [0.15, 0.2) is 35.7 Å². The summed E-state index contributed by atoms with van der Waals surface area (Å²) in [6, 6.07) is 5.93. The first-order valence-corrected chi connectivity index (χ1v) is 6.72. The summed E-state index contributed by atoms with van der Waals surface area (Å²) in [4.78, 5) is 4.18. The third-order valence-electron chi connectivity index (χ3n) is 3.66. The number of hydrogen-bond donors (Lipinski definition) is 1. The van der Waals surface area contributed by atoms with Crippen LogP contribution in [-0.4, -0.2) is 27.1 Å². The van der Waals surface area contributed by atoms with E-state index in [1.807, 2.05) is 31.3 Å². The topological polar surface area (TPSA) is 59.6 Å². The second kappa shape index (κ2) is 5.36. The summed E-state index contributed by atoms with van der Waals surface area (Å²) in [5.41, 5.74) is 2.99. The number of benzene rings is 1. The Labute approximate surface area is 117 Å². The van der Waals surface area contributed by atoms with Crippen LogP contribution in [-0.2, 0) is 13.0 Å². The number of aromatic nitrogens is 2. The normalized spacial score (nSPS) is 15.6. The van der Waals surface area contributed by atoms with Gasteiger partial charge in [0.15, 0.2) is 0 Å². The Morgan fingerprint density at radius 2 is 2.30 bits per heavy atom. The number of hydrogen-bond acceptors (Lipinski definition) is 4. The molecule has 1 aliphatic rings. The average molecular weight is 271 g/mol. The minimum Gasteiger partial charge on any atom is -0.492 e. The van der Waals surface area contributed by atoms with E-state index < -0.39 is 0 Å². The molecule has 0 atom stereocenters. The van der Waals surface area contributed by atoms with Crippen LogP contribution in [0.25, 0.3) is 0 Å². The average Bonchev–Trinajstić information content (AvgIpc) is 3.05. The zero-order chi connectivity index (χ0) is 13.9. The van der Waals surface area contributed by atoms with Crippen molar-refractivity contribution in [1.29, 1.82) is 0 Å². The summed E-state index contributed by atoms with van der Waals surface area (Å²) in [5, 5.41) is 12.2. The van der Waals surface area contributed by atoms with Gasteiger partial charge in [-0.25, -0.2) is 4.98 Å². The number of fused-ring (bicyclic) bond motifs is 1. The van der Waals surface area contributed by atoms with E-state index in [1.54, 1.807) is 6.20 Å². The summed E-state index contributed by atoms with van der Waals surface area (Å²) in [6.45, 7) is 3.37. The van der Waals surface area contributed by atoms with Gasteiger partial charge >= 0.3 is 0 Å². The molecule has 5 heteroatoms. The van der Waals surface area contributed by atoms with Crippen LogP contribution < -0.4 is 4.74 Å². The van der Waals surface area contributed by atoms with Crippen LogP contribution in [0.3, 0.4) is 0 Å². The zero-order valence-electron chi connectivity index (χ0n) is 11.4. The second-order valence-electron chi connectivity index (χ2n) is 4.88. The molecule has 0 fully saturated rings. The third kappa shape index (κ3) is 2.39. The summed E-state index contributed by atoms with van der Waals surface area (Å²) in [5.74, 6) is 1.85. The van der Waals surface area contributed by atoms with Gasteiger partial charge in [-0.1, -0.05) is 5.16 Å². The van der Waals surface area contributed by atoms with Crippen molar-refractivity contribution in [1.82, 2.24) is 9.55 Å². The molecule has 1 heterocycles. The lowest BCUT2D eigenvalue weighted by atomic mass is 10.1. The standard InChI is InChI=1S/C15H17N3O2/c1-11-16-6-7-18(11)8-9-20-13-3-4-14-12(10-13)2-5-15(14)17-19/h3-4,6-7,10,19H,2,5,8-9H2,1H3/b17-15+. The summed E-state index contributed by atoms with van der Waals surface area (Å²) < 4.78 is 7.84. The van der Waals surface area contributed by atoms with Crippen molar-refractivity contribution in [2.75, 3.05) is 6.61 Å². The number of rotatable bonds is 4. The van der Waals surface area contributed by atoms with E-state index in [0.29, 0.717) is 6.61 Å². The van der Waals surface area contributed by atoms with Crippen LogP contribution in [0.4, 0.5) is 0 Å². The fourth-order valence-corrected chi connectivity index (χ4v) is 2.54. The van der Waals surface area contributed by atoms with Gasteiger partial charge in [-0.2, -0.15) is 0 Å². The van der Waals surface area contributed by atoms with E-state index in [-0.39, 0.29) is 0 Å². The minimum absolute atomic E-state index is 0.608. The SMILES string of the molecule is Cc1nccn1CCOc1ccc2c(c1)CC/C2=N\O. The van der Waals surface area contributed by atoms with E-state index >= 15 is 0 Å². The maximum Gasteiger partial charge on any atom is 0.119 e. The molecule has 1 aromatic heterocycles. The minimum atomic E-state index is 0.608. The van der Waals surface area contributed by atoms with Crippen molar-refractivity contribution < 1.29 is 9.94 Å². The molecular formula is C15H17N3O2. The van der Waals surface area contributed by atoms with Gasteiger partial charge in [0.2, 0.25) is 0 Å². The first-order valence-electron chi connectivity index (χ1n) is 6.72. The van der Waals surface area contributed by atoms with Crippen LogP contribution in [0.5, 0.6) is 5.75 Å². The van der Waals surface area contributed by atoms with Gasteiger partial charge in [-0.05, 0) is 43.5 Å². The third-order valence-corrected chi connectivity index (χ3v) is 3.66. The van der Waals surface area contributed by atoms with E-state index in [4.69, 9.17) is 9.94 Å². The molecule has 0 saturated carbocycles. The molecule has 20 heavy (non-hydrogen) atoms. The lowest BCUT2D eigenvalue weighted by molar-refractivity contribution is 0.297. The predicted molar refractivity (Wildman–Crippen MR) is 75.5 cm³/mol. The smallest absolute Gasteiger partial charge is 0.119 e. The van der Waals surface area contributed by atoms with Gasteiger partial charge in [-0.3, -0.25) is 0 Å². The van der Waals surface area contributed by atoms with Crippen molar-refractivity contribution in [3.05, 3.63) is 47.5 Å². The molecule has 0 amide bonds. The zero-order valence-corrected chi connectivity index (χ0v) is 11.4. The Kier molecular flexibility index (Phi) is 3.41. The van der Waals surface area contributed by atoms with Crippen LogP contribution in [0.2, 0.25) is 0 Å². The summed E-state index contributed by atoms with van der Waals surface area (Å²) in [6.07, 6.45) is 5.45. The molecule has 0 unspecified atom stereocenters. The predicted octanol–water partition coefficient (Wildman–Crippen LogP) is 2.40. The highest BCUT2D eigenvalue weighted by Crippen LogP contribution is 2.26. The molecule has 5 nitrogen and oxygen atoms in total. The van der Waals surface area contributed by atoms with Crippen molar-refractivity contribution in [2.45, 2.75) is 26.3 Å². The van der Waals surface area contributed by atoms with Crippen LogP contribution in [0, 0.1) is 6.92 Å². The van der Waals surface area contributed by atoms with E-state index in [1.165, 1.54) is 5.56 Å². The van der Waals surface area contributed by atoms with Gasteiger partial charge in [0, 0.05) is 18.0 Å². The van der Waals surface area contributed by atoms with Crippen molar-refractivity contribution in [2.24, 2.45) is 5.16 Å². The molecule has 1 N–H and O–H groups in total. The number of nitrogens with zero attached hydrogens (tertiary/aromatic N) is 3. The molecule has 0 spiro atoms. The second-order valence-corrected chi connectivity index (χ2v) is 4.88. The highest BCUT2D eigenvalue weighted by Gasteiger charge is 2.18. The first kappa shape index (κ1) is 12.7. The quantitative estimate of drug-likeness (QED) is 0.686. The highest BCUT2D eigenvalue weighted by atomic mass is 16.5. The van der Waals surface area contributed by atoms with E-state index in [0.717, 1.165) is 42.2 Å². The molecule has 0 saturated heterocycles. The monoisotopic (exact) mass is 271 g/mol. The lowest BCUT2D eigenvalue weighted by Gasteiger charge is -2.09. The largest absolute Gasteiger partial charge is 0.492 e. The number of imidazole rings is 1. The van der Waals surface area contributed by atoms with Crippen molar-refractivity contribution >= 4 is 5.71 Å². The van der Waals surface area contributed by atoms with Gasteiger partial charge < -0.3 is 14.5 Å². The number of ether oxygens (including phenoxy) is 1. The van der Waals surface area contributed by atoms with Crippen LogP contribution >= 0.6 is 0 Å². The highest BCUT2D eigenvalue weighted by molar-refractivity contribution is 6.04. The van der Waals surface area contributed by atoms with Gasteiger partial charge in [0.05, 0.1) is 12.3 Å². The Hall–Kier alpha value is -2.30. The van der Waals surface area contributed by atoms with Crippen LogP contribution in [0.1, 0.15) is 23.4 Å². The van der Waals surface area contributed by atoms with E-state index in [9.17, 15) is 0 Å². The fraction of sp³-hybridized carbons (Fsp3) is 0.333. The maximum absolute atomic E-state index is 8.90. The Morgan fingerprint density at radius 3 is 3.05 bits per heavy atom. The molecule has 104 valence electrons. The summed E-state index contributed by atoms with van der Waals surface area (Å²) >= 11 is 0. The van der Waals surface area contributed by atoms with Gasteiger partial charge in [-0.15, -0.1) is 0 Å². The summed E-state index contributed by atoms with van der Waals surface area (Å²) in [7, 11) is 0. The van der Waals surface area contributed by atoms with Gasteiger partial charge in [0.1, 0.15) is 18.2 Å². The Balaban J connectivity index is 1.63. The maximum atomic E-state index is 8.90. The van der Waals surface area contributed by atoms with E-state index in [2.05, 4.69) is 14.7 Å². The first-order chi connectivity index (χ1) is 9.78. The number of oxime groups is 1. The van der Waals surface area contributed by atoms with Gasteiger partial charge in [0.25, 0.3) is 0 Å². The Bertz CT molecular complexity index is 646.